The minimum absolute atomic E-state index is 0.144. The molecule has 2 atom stereocenters. The summed E-state index contributed by atoms with van der Waals surface area (Å²) in [5.41, 5.74) is 2.20. The van der Waals surface area contributed by atoms with Gasteiger partial charge in [-0.05, 0) is 19.1 Å². The van der Waals surface area contributed by atoms with E-state index in [9.17, 15) is 5.11 Å². The first kappa shape index (κ1) is 11.1. The summed E-state index contributed by atoms with van der Waals surface area (Å²) < 4.78 is 5.56. The van der Waals surface area contributed by atoms with Crippen molar-refractivity contribution < 1.29 is 9.84 Å². The molecular weight excluding hydrogens is 230 g/mol. The molecule has 0 saturated heterocycles. The third-order valence-corrected chi connectivity index (χ3v) is 3.25. The monoisotopic (exact) mass is 245 g/mol. The van der Waals surface area contributed by atoms with Crippen LogP contribution in [0.2, 0.25) is 0 Å². The normalized spacial score (nSPS) is 19.3. The molecule has 5 nitrogen and oxygen atoms in total. The van der Waals surface area contributed by atoms with Gasteiger partial charge in [-0.3, -0.25) is 5.10 Å². The molecule has 0 aliphatic carbocycles. The van der Waals surface area contributed by atoms with Crippen LogP contribution in [0.1, 0.15) is 30.1 Å². The molecule has 94 valence electrons. The number of H-pyrrole nitrogens is 1. The lowest BCUT2D eigenvalue weighted by molar-refractivity contribution is 0.300. The highest BCUT2D eigenvalue weighted by Crippen LogP contribution is 2.35. The molecule has 18 heavy (non-hydrogen) atoms. The molecule has 1 aliphatic heterocycles. The second-order valence-corrected chi connectivity index (χ2v) is 4.51. The van der Waals surface area contributed by atoms with Crippen LogP contribution in [0.5, 0.6) is 11.5 Å². The Morgan fingerprint density at radius 1 is 1.56 bits per heavy atom. The third-order valence-electron chi connectivity index (χ3n) is 3.25. The number of nitrogens with one attached hydrogen (secondary N) is 2. The molecule has 0 fully saturated rings. The van der Waals surface area contributed by atoms with Crippen LogP contribution >= 0.6 is 0 Å². The number of fused-ring (bicyclic) bond motifs is 1. The van der Waals surface area contributed by atoms with E-state index in [1.54, 1.807) is 12.1 Å². The summed E-state index contributed by atoms with van der Waals surface area (Å²) in [5, 5.41) is 19.6. The predicted molar refractivity (Wildman–Crippen MR) is 66.5 cm³/mol. The lowest BCUT2D eigenvalue weighted by Gasteiger charge is -2.17. The highest BCUT2D eigenvalue weighted by atomic mass is 16.5. The molecule has 1 aromatic heterocycles. The average molecular weight is 245 g/mol. The van der Waals surface area contributed by atoms with Gasteiger partial charge in [0.1, 0.15) is 18.1 Å². The molecule has 3 rings (SSSR count). The molecule has 0 radical (unpaired) electrons. The van der Waals surface area contributed by atoms with Crippen molar-refractivity contribution in [2.75, 3.05) is 6.61 Å². The lowest BCUT2D eigenvalue weighted by atomic mass is 10.1. The van der Waals surface area contributed by atoms with Gasteiger partial charge in [0.25, 0.3) is 0 Å². The average Bonchev–Trinajstić information content (AvgIpc) is 2.98. The van der Waals surface area contributed by atoms with Crippen molar-refractivity contribution in [2.45, 2.75) is 19.0 Å². The maximum absolute atomic E-state index is 9.40. The molecule has 2 aromatic rings. The highest BCUT2D eigenvalue weighted by molar-refractivity contribution is 5.44. The summed E-state index contributed by atoms with van der Waals surface area (Å²) in [6.45, 7) is 2.67. The number of nitrogens with zero attached hydrogens (tertiary/aromatic N) is 1. The fraction of sp³-hybridized carbons (Fsp3) is 0.308. The van der Waals surface area contributed by atoms with E-state index < -0.39 is 0 Å². The van der Waals surface area contributed by atoms with Crippen molar-refractivity contribution in [3.05, 3.63) is 41.7 Å². The van der Waals surface area contributed by atoms with E-state index in [2.05, 4.69) is 22.4 Å². The Hall–Kier alpha value is -2.01. The summed E-state index contributed by atoms with van der Waals surface area (Å²) in [6.07, 6.45) is 3.69. The summed E-state index contributed by atoms with van der Waals surface area (Å²) in [4.78, 5) is 0. The van der Waals surface area contributed by atoms with Crippen molar-refractivity contribution >= 4 is 0 Å². The second kappa shape index (κ2) is 4.34. The number of hydrogen-bond acceptors (Lipinski definition) is 4. The van der Waals surface area contributed by atoms with E-state index in [0.29, 0.717) is 6.61 Å². The third kappa shape index (κ3) is 1.93. The molecule has 0 spiro atoms. The van der Waals surface area contributed by atoms with E-state index >= 15 is 0 Å². The number of aromatic nitrogens is 2. The summed E-state index contributed by atoms with van der Waals surface area (Å²) in [7, 11) is 0. The maximum Gasteiger partial charge on any atom is 0.127 e. The van der Waals surface area contributed by atoms with Crippen LogP contribution in [0.25, 0.3) is 0 Å². The second-order valence-electron chi connectivity index (χ2n) is 4.51. The van der Waals surface area contributed by atoms with Crippen LogP contribution < -0.4 is 10.1 Å². The van der Waals surface area contributed by atoms with E-state index in [-0.39, 0.29) is 17.8 Å². The number of aromatic amines is 1. The van der Waals surface area contributed by atoms with E-state index in [1.165, 1.54) is 0 Å². The van der Waals surface area contributed by atoms with Crippen LogP contribution in [-0.4, -0.2) is 21.9 Å². The van der Waals surface area contributed by atoms with Crippen LogP contribution in [0.4, 0.5) is 0 Å². The van der Waals surface area contributed by atoms with Crippen molar-refractivity contribution in [1.82, 2.24) is 15.5 Å². The Bertz CT molecular complexity index is 539. The number of rotatable bonds is 3. The lowest BCUT2D eigenvalue weighted by Crippen LogP contribution is -2.25. The van der Waals surface area contributed by atoms with Crippen LogP contribution in [0, 0.1) is 0 Å². The first-order chi connectivity index (χ1) is 8.74. The zero-order valence-corrected chi connectivity index (χ0v) is 10.1. The molecule has 2 heterocycles. The van der Waals surface area contributed by atoms with Gasteiger partial charge >= 0.3 is 0 Å². The number of ether oxygens (including phenoxy) is 1. The van der Waals surface area contributed by atoms with E-state index in [0.717, 1.165) is 16.9 Å². The smallest absolute Gasteiger partial charge is 0.127 e. The number of aromatic hydroxyl groups is 1. The van der Waals surface area contributed by atoms with Gasteiger partial charge < -0.3 is 15.2 Å². The van der Waals surface area contributed by atoms with Gasteiger partial charge in [-0.1, -0.05) is 0 Å². The predicted octanol–water partition coefficient (Wildman–Crippen LogP) is 1.90. The highest BCUT2D eigenvalue weighted by Gasteiger charge is 2.25. The van der Waals surface area contributed by atoms with Gasteiger partial charge in [-0.15, -0.1) is 0 Å². The van der Waals surface area contributed by atoms with E-state index in [1.807, 2.05) is 18.5 Å². The zero-order chi connectivity index (χ0) is 12.5. The van der Waals surface area contributed by atoms with Gasteiger partial charge in [0.15, 0.2) is 0 Å². The summed E-state index contributed by atoms with van der Waals surface area (Å²) in [6, 6.07) is 5.57. The standard InChI is InChI=1S/C13H15N3O2/c1-8(9-5-14-15-6-9)16-12-7-18-13-4-10(17)2-3-11(12)13/h2-6,8,12,16-17H,7H2,1H3,(H,14,15). The Kier molecular flexibility index (Phi) is 2.68. The molecule has 0 saturated carbocycles. The topological polar surface area (TPSA) is 70.2 Å². The molecule has 3 N–H and O–H groups in total. The number of benzene rings is 1. The van der Waals surface area contributed by atoms with Crippen molar-refractivity contribution in [1.29, 1.82) is 0 Å². The molecule has 0 amide bonds. The number of hydrogen-bond donors (Lipinski definition) is 3. The Labute approximate surface area is 105 Å². The minimum atomic E-state index is 0.144. The first-order valence-corrected chi connectivity index (χ1v) is 5.94. The van der Waals surface area contributed by atoms with Crippen LogP contribution in [0.3, 0.4) is 0 Å². The fourth-order valence-corrected chi connectivity index (χ4v) is 2.23. The quantitative estimate of drug-likeness (QED) is 0.772. The van der Waals surface area contributed by atoms with E-state index in [4.69, 9.17) is 4.74 Å². The maximum atomic E-state index is 9.40. The van der Waals surface area contributed by atoms with Gasteiger partial charge in [-0.2, -0.15) is 5.10 Å². The van der Waals surface area contributed by atoms with Crippen molar-refractivity contribution in [2.24, 2.45) is 0 Å². The molecule has 1 aliphatic rings. The molecule has 1 aromatic carbocycles. The SMILES string of the molecule is CC(NC1COc2cc(O)ccc21)c1cn[nH]c1. The van der Waals surface area contributed by atoms with Gasteiger partial charge in [0.2, 0.25) is 0 Å². The zero-order valence-electron chi connectivity index (χ0n) is 10.1. The summed E-state index contributed by atoms with van der Waals surface area (Å²) >= 11 is 0. The van der Waals surface area contributed by atoms with Crippen molar-refractivity contribution in [3.63, 3.8) is 0 Å². The van der Waals surface area contributed by atoms with Gasteiger partial charge in [-0.25, -0.2) is 0 Å². The Balaban J connectivity index is 1.77. The molecule has 0 bridgehead atoms. The van der Waals surface area contributed by atoms with Gasteiger partial charge in [0.05, 0.1) is 12.2 Å². The summed E-state index contributed by atoms with van der Waals surface area (Å²) in [5.74, 6) is 0.990. The van der Waals surface area contributed by atoms with Crippen molar-refractivity contribution in [3.8, 4) is 11.5 Å². The molecular formula is C13H15N3O2. The first-order valence-electron chi connectivity index (χ1n) is 5.94. The van der Waals surface area contributed by atoms with Gasteiger partial charge in [0, 0.05) is 29.4 Å². The largest absolute Gasteiger partial charge is 0.508 e. The molecule has 2 unspecified atom stereocenters. The Morgan fingerprint density at radius 3 is 3.22 bits per heavy atom. The van der Waals surface area contributed by atoms with Crippen LogP contribution in [0.15, 0.2) is 30.6 Å². The van der Waals surface area contributed by atoms with Crippen LogP contribution in [-0.2, 0) is 0 Å². The molecule has 5 heteroatoms. The number of phenols is 1. The fourth-order valence-electron chi connectivity index (χ4n) is 2.23. The minimum Gasteiger partial charge on any atom is -0.508 e. The Morgan fingerprint density at radius 2 is 2.44 bits per heavy atom. The number of phenolic OH excluding ortho intramolecular Hbond substituents is 1.